The maximum atomic E-state index is 13.6. The van der Waals surface area contributed by atoms with Gasteiger partial charge in [-0.05, 0) is 12.1 Å². The maximum absolute atomic E-state index is 13.6. The van der Waals surface area contributed by atoms with Crippen molar-refractivity contribution in [3.05, 3.63) is 42.2 Å². The topological polar surface area (TPSA) is 76.5 Å². The maximum Gasteiger partial charge on any atom is 0.243 e. The Hall–Kier alpha value is -1.68. The van der Waals surface area contributed by atoms with Gasteiger partial charge in [-0.15, -0.1) is 12.4 Å². The van der Waals surface area contributed by atoms with E-state index in [-0.39, 0.29) is 23.1 Å². The van der Waals surface area contributed by atoms with Crippen molar-refractivity contribution >= 4 is 22.4 Å². The van der Waals surface area contributed by atoms with Gasteiger partial charge in [0, 0.05) is 45.1 Å². The Morgan fingerprint density at radius 2 is 2.16 bits per heavy atom. The van der Waals surface area contributed by atoms with Crippen molar-refractivity contribution in [3.8, 4) is 5.75 Å². The number of aryl methyl sites for hydroxylation is 1. The lowest BCUT2D eigenvalue weighted by molar-refractivity contribution is 0.258. The molecule has 7 nitrogen and oxygen atoms in total. The summed E-state index contributed by atoms with van der Waals surface area (Å²) in [5, 5.41) is 3.19. The van der Waals surface area contributed by atoms with Crippen molar-refractivity contribution in [2.45, 2.75) is 10.9 Å². The monoisotopic (exact) mass is 390 g/mol. The van der Waals surface area contributed by atoms with E-state index in [0.29, 0.717) is 25.5 Å². The number of hydrogen-bond donors (Lipinski definition) is 1. The molecule has 1 aliphatic heterocycles. The third-order valence-corrected chi connectivity index (χ3v) is 5.98. The molecular formula is C15H20ClFN4O3S. The number of rotatable bonds is 4. The Bertz CT molecular complexity index is 843. The quantitative estimate of drug-likeness (QED) is 0.852. The molecule has 1 atom stereocenters. The molecule has 138 valence electrons. The number of halogens is 2. The average molecular weight is 391 g/mol. The molecular weight excluding hydrogens is 371 g/mol. The predicted molar refractivity (Wildman–Crippen MR) is 92.9 cm³/mol. The standard InChI is InChI=1S/C15H19FN4O3S.ClH/c1-19-7-6-18-15(19)13-10-17-5-8-20(13)24(21,22)11-3-4-12(16)14(9-11)23-2;/h3-4,6-7,9,13,17H,5,8,10H2,1-2H3;1H. The smallest absolute Gasteiger partial charge is 0.243 e. The van der Waals surface area contributed by atoms with E-state index in [4.69, 9.17) is 4.74 Å². The predicted octanol–water partition coefficient (Wildman–Crippen LogP) is 1.32. The summed E-state index contributed by atoms with van der Waals surface area (Å²) in [6.45, 7) is 1.31. The van der Waals surface area contributed by atoms with Gasteiger partial charge in [-0.1, -0.05) is 0 Å². The van der Waals surface area contributed by atoms with Crippen molar-refractivity contribution in [3.63, 3.8) is 0 Å². The minimum Gasteiger partial charge on any atom is -0.494 e. The molecule has 1 aromatic carbocycles. The summed E-state index contributed by atoms with van der Waals surface area (Å²) in [5.41, 5.74) is 0. The molecule has 0 bridgehead atoms. The van der Waals surface area contributed by atoms with Crippen LogP contribution in [0.15, 0.2) is 35.5 Å². The second-order valence-corrected chi connectivity index (χ2v) is 7.42. The van der Waals surface area contributed by atoms with Crippen LogP contribution < -0.4 is 10.1 Å². The van der Waals surface area contributed by atoms with Crippen LogP contribution in [0.3, 0.4) is 0 Å². The number of methoxy groups -OCH3 is 1. The van der Waals surface area contributed by atoms with E-state index < -0.39 is 21.9 Å². The highest BCUT2D eigenvalue weighted by Gasteiger charge is 2.36. The Balaban J connectivity index is 0.00000225. The van der Waals surface area contributed by atoms with Gasteiger partial charge in [-0.3, -0.25) is 0 Å². The number of nitrogens with one attached hydrogen (secondary N) is 1. The van der Waals surface area contributed by atoms with Crippen LogP contribution in [0.25, 0.3) is 0 Å². The number of nitrogens with zero attached hydrogens (tertiary/aromatic N) is 3. The molecule has 0 radical (unpaired) electrons. The van der Waals surface area contributed by atoms with Gasteiger partial charge in [0.05, 0.1) is 18.0 Å². The zero-order valence-corrected chi connectivity index (χ0v) is 15.5. The molecule has 0 spiro atoms. The fourth-order valence-electron chi connectivity index (χ4n) is 2.83. The van der Waals surface area contributed by atoms with Crippen LogP contribution in [0.5, 0.6) is 5.75 Å². The summed E-state index contributed by atoms with van der Waals surface area (Å²) >= 11 is 0. The summed E-state index contributed by atoms with van der Waals surface area (Å²) in [6, 6.07) is 3.14. The zero-order chi connectivity index (χ0) is 17.3. The van der Waals surface area contributed by atoms with Gasteiger partial charge >= 0.3 is 0 Å². The molecule has 1 aliphatic rings. The highest BCUT2D eigenvalue weighted by molar-refractivity contribution is 7.89. The van der Waals surface area contributed by atoms with Gasteiger partial charge in [0.2, 0.25) is 10.0 Å². The van der Waals surface area contributed by atoms with E-state index in [2.05, 4.69) is 10.3 Å². The first-order chi connectivity index (χ1) is 11.4. The molecule has 0 saturated carbocycles. The molecule has 1 unspecified atom stereocenters. The summed E-state index contributed by atoms with van der Waals surface area (Å²) in [7, 11) is -0.686. The van der Waals surface area contributed by atoms with Gasteiger partial charge in [-0.25, -0.2) is 17.8 Å². The van der Waals surface area contributed by atoms with Gasteiger partial charge in [0.1, 0.15) is 5.82 Å². The van der Waals surface area contributed by atoms with Crippen LogP contribution in [0.1, 0.15) is 11.9 Å². The van der Waals surface area contributed by atoms with Crippen molar-refractivity contribution < 1.29 is 17.5 Å². The molecule has 1 fully saturated rings. The number of hydrogen-bond acceptors (Lipinski definition) is 5. The van der Waals surface area contributed by atoms with E-state index >= 15 is 0 Å². The van der Waals surface area contributed by atoms with Crippen molar-refractivity contribution in [2.24, 2.45) is 7.05 Å². The molecule has 10 heteroatoms. The Labute approximate surface area is 152 Å². The molecule has 0 amide bonds. The molecule has 1 N–H and O–H groups in total. The summed E-state index contributed by atoms with van der Waals surface area (Å²) < 4.78 is 47.8. The SMILES string of the molecule is COc1cc(S(=O)(=O)N2CCNCC2c2nccn2C)ccc1F.Cl. The Kier molecular flexibility index (Phi) is 6.04. The fraction of sp³-hybridized carbons (Fsp3) is 0.400. The number of piperazine rings is 1. The number of ether oxygens (including phenoxy) is 1. The van der Waals surface area contributed by atoms with E-state index in [0.717, 1.165) is 6.07 Å². The number of aromatic nitrogens is 2. The normalized spacial score (nSPS) is 18.6. The van der Waals surface area contributed by atoms with Crippen molar-refractivity contribution in [1.29, 1.82) is 0 Å². The first-order valence-corrected chi connectivity index (χ1v) is 8.92. The van der Waals surface area contributed by atoms with Gasteiger partial charge in [0.25, 0.3) is 0 Å². The zero-order valence-electron chi connectivity index (χ0n) is 13.8. The average Bonchev–Trinajstić information content (AvgIpc) is 3.01. The Morgan fingerprint density at radius 3 is 2.80 bits per heavy atom. The van der Waals surface area contributed by atoms with Crippen LogP contribution in [0, 0.1) is 5.82 Å². The molecule has 3 rings (SSSR count). The molecule has 2 heterocycles. The first kappa shape index (κ1) is 19.6. The van der Waals surface area contributed by atoms with E-state index in [9.17, 15) is 12.8 Å². The van der Waals surface area contributed by atoms with Crippen LogP contribution in [0.4, 0.5) is 4.39 Å². The van der Waals surface area contributed by atoms with Gasteiger partial charge < -0.3 is 14.6 Å². The van der Waals surface area contributed by atoms with Crippen LogP contribution in [-0.2, 0) is 17.1 Å². The molecule has 1 saturated heterocycles. The molecule has 2 aromatic rings. The number of benzene rings is 1. The van der Waals surface area contributed by atoms with Crippen LogP contribution >= 0.6 is 12.4 Å². The second-order valence-electron chi connectivity index (χ2n) is 5.53. The van der Waals surface area contributed by atoms with E-state index in [1.165, 1.54) is 23.5 Å². The lowest BCUT2D eigenvalue weighted by atomic mass is 10.2. The highest BCUT2D eigenvalue weighted by atomic mass is 35.5. The lowest BCUT2D eigenvalue weighted by Crippen LogP contribution is -2.49. The van der Waals surface area contributed by atoms with Crippen LogP contribution in [0.2, 0.25) is 0 Å². The largest absolute Gasteiger partial charge is 0.494 e. The van der Waals surface area contributed by atoms with E-state index in [1.807, 2.05) is 7.05 Å². The summed E-state index contributed by atoms with van der Waals surface area (Å²) in [6.07, 6.45) is 3.41. The molecule has 0 aliphatic carbocycles. The minimum absolute atomic E-state index is 0. The first-order valence-electron chi connectivity index (χ1n) is 7.48. The van der Waals surface area contributed by atoms with E-state index in [1.54, 1.807) is 17.0 Å². The van der Waals surface area contributed by atoms with Gasteiger partial charge in [0.15, 0.2) is 11.6 Å². The minimum atomic E-state index is -3.81. The summed E-state index contributed by atoms with van der Waals surface area (Å²) in [5.74, 6) is -0.0444. The number of sulfonamides is 1. The lowest BCUT2D eigenvalue weighted by Gasteiger charge is -2.34. The fourth-order valence-corrected chi connectivity index (χ4v) is 4.43. The summed E-state index contributed by atoms with van der Waals surface area (Å²) in [4.78, 5) is 4.28. The number of imidazole rings is 1. The van der Waals surface area contributed by atoms with Crippen molar-refractivity contribution in [2.75, 3.05) is 26.7 Å². The van der Waals surface area contributed by atoms with Gasteiger partial charge in [-0.2, -0.15) is 4.31 Å². The second kappa shape index (κ2) is 7.69. The molecule has 25 heavy (non-hydrogen) atoms. The molecule has 1 aromatic heterocycles. The van der Waals surface area contributed by atoms with Crippen LogP contribution in [-0.4, -0.2) is 49.0 Å². The third kappa shape index (κ3) is 3.64. The highest BCUT2D eigenvalue weighted by Crippen LogP contribution is 2.30. The van der Waals surface area contributed by atoms with Crippen molar-refractivity contribution in [1.82, 2.24) is 19.2 Å². The Morgan fingerprint density at radius 1 is 1.40 bits per heavy atom. The third-order valence-electron chi connectivity index (χ3n) is 4.08.